The molecule has 1 N–H and O–H groups in total. The van der Waals surface area contributed by atoms with Crippen LogP contribution in [0, 0.1) is 0 Å². The van der Waals surface area contributed by atoms with Gasteiger partial charge in [-0.2, -0.15) is 0 Å². The van der Waals surface area contributed by atoms with E-state index in [0.717, 1.165) is 43.9 Å². The van der Waals surface area contributed by atoms with Gasteiger partial charge in [0.05, 0.1) is 5.69 Å². The number of nitrogens with zero attached hydrogens (tertiary/aromatic N) is 2. The summed E-state index contributed by atoms with van der Waals surface area (Å²) in [7, 11) is 0. The molecule has 1 aromatic rings. The number of amides is 1. The highest BCUT2D eigenvalue weighted by atomic mass is 19.1. The lowest BCUT2D eigenvalue weighted by Gasteiger charge is -2.24. The van der Waals surface area contributed by atoms with Gasteiger partial charge in [0.2, 0.25) is 0 Å². The van der Waals surface area contributed by atoms with Crippen molar-refractivity contribution in [2.45, 2.75) is 57.8 Å². The summed E-state index contributed by atoms with van der Waals surface area (Å²) >= 11 is 0. The maximum absolute atomic E-state index is 13.1. The minimum atomic E-state index is -0.796. The average Bonchev–Trinajstić information content (AvgIpc) is 3.05. The first-order valence-corrected chi connectivity index (χ1v) is 7.81. The monoisotopic (exact) mass is 295 g/mol. The lowest BCUT2D eigenvalue weighted by Crippen LogP contribution is -2.33. The summed E-state index contributed by atoms with van der Waals surface area (Å²) in [6.07, 6.45) is 2.72. The van der Waals surface area contributed by atoms with Gasteiger partial charge in [-0.3, -0.25) is 9.69 Å². The van der Waals surface area contributed by atoms with Gasteiger partial charge in [0.25, 0.3) is 5.89 Å². The highest BCUT2D eigenvalue weighted by molar-refractivity contribution is 5.89. The van der Waals surface area contributed by atoms with Gasteiger partial charge in [-0.1, -0.05) is 6.92 Å². The molecule has 0 bridgehead atoms. The molecule has 0 unspecified atom stereocenters. The summed E-state index contributed by atoms with van der Waals surface area (Å²) in [5.74, 6) is 0.633. The molecule has 3 rings (SSSR count). The molecular weight excluding hydrogens is 273 g/mol. The quantitative estimate of drug-likeness (QED) is 0.924. The molecule has 5 nitrogen and oxygen atoms in total. The van der Waals surface area contributed by atoms with E-state index in [-0.39, 0.29) is 17.8 Å². The number of carbonyl (C=O) groups excluding carboxylic acids is 1. The molecule has 116 valence electrons. The molecule has 1 fully saturated rings. The van der Waals surface area contributed by atoms with Crippen LogP contribution in [0.1, 0.15) is 54.7 Å². The fourth-order valence-electron chi connectivity index (χ4n) is 3.16. The molecule has 6 heteroatoms. The molecule has 1 amide bonds. The molecule has 0 aromatic carbocycles. The summed E-state index contributed by atoms with van der Waals surface area (Å²) in [4.78, 5) is 18.8. The third kappa shape index (κ3) is 3.26. The van der Waals surface area contributed by atoms with E-state index >= 15 is 0 Å². The Bertz CT molecular complexity index is 517. The van der Waals surface area contributed by atoms with Crippen LogP contribution >= 0.6 is 0 Å². The number of hydrogen-bond donors (Lipinski definition) is 1. The summed E-state index contributed by atoms with van der Waals surface area (Å²) in [5, 5.41) is 2.82. The Morgan fingerprint density at radius 2 is 2.38 bits per heavy atom. The van der Waals surface area contributed by atoms with Crippen molar-refractivity contribution in [3.8, 4) is 0 Å². The van der Waals surface area contributed by atoms with E-state index in [9.17, 15) is 9.18 Å². The van der Waals surface area contributed by atoms with Crippen LogP contribution in [0.5, 0.6) is 0 Å². The van der Waals surface area contributed by atoms with Crippen molar-refractivity contribution in [1.29, 1.82) is 0 Å². The zero-order chi connectivity index (χ0) is 14.8. The minimum absolute atomic E-state index is 0.0898. The average molecular weight is 295 g/mol. The van der Waals surface area contributed by atoms with E-state index in [2.05, 4.69) is 22.1 Å². The first-order valence-electron chi connectivity index (χ1n) is 7.81. The fourth-order valence-corrected chi connectivity index (χ4v) is 3.16. The lowest BCUT2D eigenvalue weighted by atomic mass is 10.1. The van der Waals surface area contributed by atoms with Crippen molar-refractivity contribution >= 4 is 5.91 Å². The SMILES string of the molecule is CCCN1CCc2oc(C(=O)N[C@@H]3CC[C@@H](F)C3)nc2C1. The standard InChI is InChI=1S/C15H22FN3O2/c1-2-6-19-7-5-13-12(9-19)18-15(21-13)14(20)17-11-4-3-10(16)8-11/h10-11H,2-9H2,1H3,(H,17,20)/t10-,11-/m1/s1. The Kier molecular flexibility index (Phi) is 4.24. The molecule has 2 heterocycles. The normalized spacial score (nSPS) is 25.8. The van der Waals surface area contributed by atoms with Crippen molar-refractivity contribution in [3.05, 3.63) is 17.3 Å². The van der Waals surface area contributed by atoms with E-state index in [1.165, 1.54) is 0 Å². The van der Waals surface area contributed by atoms with Crippen LogP contribution in [-0.4, -0.2) is 41.1 Å². The predicted molar refractivity (Wildman–Crippen MR) is 75.8 cm³/mol. The van der Waals surface area contributed by atoms with Crippen LogP contribution in [0.3, 0.4) is 0 Å². The molecular formula is C15H22FN3O2. The molecule has 0 radical (unpaired) electrons. The first-order chi connectivity index (χ1) is 10.2. The lowest BCUT2D eigenvalue weighted by molar-refractivity contribution is 0.0899. The highest BCUT2D eigenvalue weighted by Gasteiger charge is 2.29. The van der Waals surface area contributed by atoms with Gasteiger partial charge < -0.3 is 9.73 Å². The number of aromatic nitrogens is 1. The molecule has 1 aliphatic heterocycles. The van der Waals surface area contributed by atoms with Crippen LogP contribution < -0.4 is 5.32 Å². The predicted octanol–water partition coefficient (Wildman–Crippen LogP) is 2.06. The first kappa shape index (κ1) is 14.5. The number of nitrogens with one attached hydrogen (secondary N) is 1. The Morgan fingerprint density at radius 1 is 1.52 bits per heavy atom. The topological polar surface area (TPSA) is 58.4 Å². The van der Waals surface area contributed by atoms with E-state index in [1.54, 1.807) is 0 Å². The van der Waals surface area contributed by atoms with E-state index in [1.807, 2.05) is 0 Å². The molecule has 2 atom stereocenters. The van der Waals surface area contributed by atoms with Gasteiger partial charge in [0.1, 0.15) is 11.9 Å². The number of halogens is 1. The van der Waals surface area contributed by atoms with E-state index in [4.69, 9.17) is 4.42 Å². The highest BCUT2D eigenvalue weighted by Crippen LogP contribution is 2.23. The van der Waals surface area contributed by atoms with Crippen molar-refractivity contribution in [2.75, 3.05) is 13.1 Å². The Balaban J connectivity index is 1.63. The zero-order valence-corrected chi connectivity index (χ0v) is 12.4. The van der Waals surface area contributed by atoms with Gasteiger partial charge >= 0.3 is 5.91 Å². The molecule has 0 saturated heterocycles. The molecule has 1 aromatic heterocycles. The van der Waals surface area contributed by atoms with Gasteiger partial charge in [-0.05, 0) is 32.2 Å². The number of carbonyl (C=O) groups is 1. The van der Waals surface area contributed by atoms with Gasteiger partial charge in [0, 0.05) is 25.6 Å². The number of hydrogen-bond acceptors (Lipinski definition) is 4. The number of rotatable bonds is 4. The third-order valence-corrected chi connectivity index (χ3v) is 4.24. The van der Waals surface area contributed by atoms with Crippen molar-refractivity contribution < 1.29 is 13.6 Å². The van der Waals surface area contributed by atoms with E-state index < -0.39 is 6.17 Å². The van der Waals surface area contributed by atoms with Gasteiger partial charge in [0.15, 0.2) is 0 Å². The third-order valence-electron chi connectivity index (χ3n) is 4.24. The maximum atomic E-state index is 13.1. The molecule has 21 heavy (non-hydrogen) atoms. The van der Waals surface area contributed by atoms with Crippen LogP contribution in [0.15, 0.2) is 4.42 Å². The summed E-state index contributed by atoms with van der Waals surface area (Å²) < 4.78 is 18.7. The number of oxazole rings is 1. The van der Waals surface area contributed by atoms with Crippen molar-refractivity contribution in [1.82, 2.24) is 15.2 Å². The summed E-state index contributed by atoms with van der Waals surface area (Å²) in [6.45, 7) is 4.88. The summed E-state index contributed by atoms with van der Waals surface area (Å²) in [6, 6.07) is -0.0898. The molecule has 0 spiro atoms. The second-order valence-corrected chi connectivity index (χ2v) is 6.00. The number of fused-ring (bicyclic) bond motifs is 1. The van der Waals surface area contributed by atoms with Crippen LogP contribution in [-0.2, 0) is 13.0 Å². The Labute approximate surface area is 123 Å². The van der Waals surface area contributed by atoms with Crippen molar-refractivity contribution in [2.24, 2.45) is 0 Å². The van der Waals surface area contributed by atoms with Crippen LogP contribution in [0.2, 0.25) is 0 Å². The largest absolute Gasteiger partial charge is 0.437 e. The minimum Gasteiger partial charge on any atom is -0.437 e. The summed E-state index contributed by atoms with van der Waals surface area (Å²) in [5.41, 5.74) is 0.870. The second-order valence-electron chi connectivity index (χ2n) is 6.00. The maximum Gasteiger partial charge on any atom is 0.307 e. The number of alkyl halides is 1. The second kappa shape index (κ2) is 6.13. The Hall–Kier alpha value is -1.43. The van der Waals surface area contributed by atoms with Gasteiger partial charge in [-0.25, -0.2) is 9.37 Å². The van der Waals surface area contributed by atoms with Crippen molar-refractivity contribution in [3.63, 3.8) is 0 Å². The fraction of sp³-hybridized carbons (Fsp3) is 0.733. The van der Waals surface area contributed by atoms with Gasteiger partial charge in [-0.15, -0.1) is 0 Å². The molecule has 2 aliphatic rings. The molecule has 1 aliphatic carbocycles. The van der Waals surface area contributed by atoms with Crippen LogP contribution in [0.25, 0.3) is 0 Å². The molecule has 1 saturated carbocycles. The van der Waals surface area contributed by atoms with Crippen LogP contribution in [0.4, 0.5) is 4.39 Å². The Morgan fingerprint density at radius 3 is 3.10 bits per heavy atom. The zero-order valence-electron chi connectivity index (χ0n) is 12.4. The van der Waals surface area contributed by atoms with E-state index in [0.29, 0.717) is 19.3 Å². The smallest absolute Gasteiger partial charge is 0.307 e.